The number of benzene rings is 1. The van der Waals surface area contributed by atoms with Crippen LogP contribution in [0.3, 0.4) is 0 Å². The minimum absolute atomic E-state index is 0.00883. The van der Waals surface area contributed by atoms with Crippen molar-refractivity contribution in [1.82, 2.24) is 4.98 Å². The Morgan fingerprint density at radius 1 is 1.56 bits per heavy atom. The smallest absolute Gasteiger partial charge is 0.328 e. The lowest BCUT2D eigenvalue weighted by Crippen LogP contribution is -2.20. The summed E-state index contributed by atoms with van der Waals surface area (Å²) in [6.07, 6.45) is 1.69. The monoisotopic (exact) mass is 250 g/mol. The zero-order valence-electron chi connectivity index (χ0n) is 9.30. The number of aromatic hydroxyl groups is 1. The van der Waals surface area contributed by atoms with Crippen molar-refractivity contribution in [3.05, 3.63) is 30.0 Å². The van der Waals surface area contributed by atoms with Crippen LogP contribution in [0.15, 0.2) is 29.4 Å². The van der Waals surface area contributed by atoms with Gasteiger partial charge >= 0.3 is 5.97 Å². The third-order valence-corrected chi connectivity index (χ3v) is 2.69. The summed E-state index contributed by atoms with van der Waals surface area (Å²) < 4.78 is 12.0. The third kappa shape index (κ3) is 2.32. The number of carboxylic acids is 1. The normalized spacial score (nSPS) is 13.2. The van der Waals surface area contributed by atoms with Crippen LogP contribution in [0.4, 0.5) is 4.39 Å². The summed E-state index contributed by atoms with van der Waals surface area (Å²) in [5.74, 6) is -1.11. The van der Waals surface area contributed by atoms with Gasteiger partial charge in [0.2, 0.25) is 0 Å². The number of carboxylic acid groups (broad SMARTS) is 1. The zero-order chi connectivity index (χ0) is 13.1. The van der Waals surface area contributed by atoms with Crippen LogP contribution >= 0.6 is 0 Å². The van der Waals surface area contributed by atoms with Gasteiger partial charge < -0.3 is 15.2 Å². The molecule has 0 radical (unpaired) electrons. The maximum absolute atomic E-state index is 12.0. The number of carbonyl (C=O) groups is 1. The first kappa shape index (κ1) is 12.1. The van der Waals surface area contributed by atoms with E-state index in [1.807, 2.05) is 0 Å². The molecule has 18 heavy (non-hydrogen) atoms. The highest BCUT2D eigenvalue weighted by Gasteiger charge is 2.18. The van der Waals surface area contributed by atoms with Gasteiger partial charge in [-0.15, -0.1) is 0 Å². The molecule has 0 aliphatic carbocycles. The minimum Gasteiger partial charge on any atom is -0.508 e. The minimum atomic E-state index is -1.20. The van der Waals surface area contributed by atoms with Crippen LogP contribution in [0.2, 0.25) is 0 Å². The summed E-state index contributed by atoms with van der Waals surface area (Å²) in [5.41, 5.74) is 1.44. The number of rotatable bonds is 4. The fraction of sp³-hybridized carbons (Fsp3) is 0.167. The molecule has 0 spiro atoms. The Labute approximate surface area is 102 Å². The molecule has 1 unspecified atom stereocenters. The van der Waals surface area contributed by atoms with Crippen molar-refractivity contribution in [2.75, 3.05) is 0 Å². The Hall–Kier alpha value is -2.37. The van der Waals surface area contributed by atoms with Gasteiger partial charge in [-0.25, -0.2) is 9.79 Å². The van der Waals surface area contributed by atoms with Crippen molar-refractivity contribution >= 4 is 23.3 Å². The number of aliphatic carboxylic acids is 1. The standard InChI is InChI=1S/C12H11FN2O3/c13-6-15-11(12(17)18)3-7-5-14-10-2-1-8(16)4-9(7)10/h1-2,4-6,11,14,16H,3H2,(H,17,18)/b15-6-. The summed E-state index contributed by atoms with van der Waals surface area (Å²) >= 11 is 0. The molecule has 2 aromatic rings. The van der Waals surface area contributed by atoms with Gasteiger partial charge in [-0.2, -0.15) is 4.39 Å². The molecule has 5 nitrogen and oxygen atoms in total. The second-order valence-electron chi connectivity index (χ2n) is 3.85. The highest BCUT2D eigenvalue weighted by molar-refractivity contribution is 5.85. The third-order valence-electron chi connectivity index (χ3n) is 2.69. The van der Waals surface area contributed by atoms with Gasteiger partial charge in [0.05, 0.1) is 0 Å². The molecule has 1 heterocycles. The molecule has 0 aliphatic rings. The Kier molecular flexibility index (Phi) is 3.27. The van der Waals surface area contributed by atoms with Crippen molar-refractivity contribution in [2.24, 2.45) is 4.99 Å². The Morgan fingerprint density at radius 3 is 3.00 bits per heavy atom. The Morgan fingerprint density at radius 2 is 2.33 bits per heavy atom. The molecule has 0 saturated carbocycles. The van der Waals surface area contributed by atoms with Gasteiger partial charge in [0, 0.05) is 23.5 Å². The maximum atomic E-state index is 12.0. The van der Waals surface area contributed by atoms with E-state index in [0.29, 0.717) is 10.9 Å². The highest BCUT2D eigenvalue weighted by atomic mass is 19.1. The molecule has 3 N–H and O–H groups in total. The van der Waals surface area contributed by atoms with Gasteiger partial charge in [-0.1, -0.05) is 0 Å². The van der Waals surface area contributed by atoms with Crippen LogP contribution < -0.4 is 0 Å². The van der Waals surface area contributed by atoms with Gasteiger partial charge in [0.1, 0.15) is 5.75 Å². The van der Waals surface area contributed by atoms with Crippen LogP contribution in [0.1, 0.15) is 5.56 Å². The molecular weight excluding hydrogens is 239 g/mol. The number of H-pyrrole nitrogens is 1. The highest BCUT2D eigenvalue weighted by Crippen LogP contribution is 2.24. The number of phenols is 1. The van der Waals surface area contributed by atoms with Gasteiger partial charge in [-0.3, -0.25) is 0 Å². The maximum Gasteiger partial charge on any atom is 0.328 e. The molecule has 0 saturated heterocycles. The predicted octanol–water partition coefficient (Wildman–Crippen LogP) is 1.87. The number of nitrogens with zero attached hydrogens (tertiary/aromatic N) is 1. The van der Waals surface area contributed by atoms with Gasteiger partial charge in [-0.05, 0) is 23.8 Å². The van der Waals surface area contributed by atoms with Gasteiger partial charge in [0.15, 0.2) is 12.5 Å². The number of halogens is 1. The number of aromatic nitrogens is 1. The number of fused-ring (bicyclic) bond motifs is 1. The van der Waals surface area contributed by atoms with E-state index in [9.17, 15) is 14.3 Å². The average Bonchev–Trinajstić information content (AvgIpc) is 2.71. The number of aromatic amines is 1. The SMILES string of the molecule is O=C(O)C(Cc1c[nH]c2ccc(O)cc12)/N=C\F. The summed E-state index contributed by atoms with van der Waals surface area (Å²) in [6, 6.07) is 3.56. The number of phenolic OH excluding ortho intramolecular Hbond substituents is 1. The molecule has 0 bridgehead atoms. The van der Waals surface area contributed by atoms with E-state index in [4.69, 9.17) is 5.11 Å². The van der Waals surface area contributed by atoms with E-state index < -0.39 is 12.0 Å². The topological polar surface area (TPSA) is 85.7 Å². The lowest BCUT2D eigenvalue weighted by Gasteiger charge is -2.05. The Balaban J connectivity index is 2.36. The second kappa shape index (κ2) is 4.87. The van der Waals surface area contributed by atoms with Crippen LogP contribution in [0.25, 0.3) is 10.9 Å². The van der Waals surface area contributed by atoms with Crippen molar-refractivity contribution in [3.63, 3.8) is 0 Å². The molecule has 2 rings (SSSR count). The first-order valence-electron chi connectivity index (χ1n) is 5.25. The molecule has 1 atom stereocenters. The lowest BCUT2D eigenvalue weighted by atomic mass is 10.1. The second-order valence-corrected chi connectivity index (χ2v) is 3.85. The van der Waals surface area contributed by atoms with E-state index >= 15 is 0 Å². The molecule has 0 fully saturated rings. The van der Waals surface area contributed by atoms with Crippen molar-refractivity contribution in [3.8, 4) is 5.75 Å². The summed E-state index contributed by atoms with van der Waals surface area (Å²) in [7, 11) is 0. The van der Waals surface area contributed by atoms with Crippen LogP contribution in [-0.4, -0.2) is 33.7 Å². The van der Waals surface area contributed by atoms with E-state index in [1.165, 1.54) is 12.1 Å². The number of aliphatic imine (C=N–C) groups is 1. The number of nitrogens with one attached hydrogen (secondary N) is 1. The summed E-state index contributed by atoms with van der Waals surface area (Å²) in [4.78, 5) is 17.1. The quantitative estimate of drug-likeness (QED) is 0.724. The van der Waals surface area contributed by atoms with E-state index in [2.05, 4.69) is 9.98 Å². The fourth-order valence-corrected chi connectivity index (χ4v) is 1.82. The summed E-state index contributed by atoms with van der Waals surface area (Å²) in [6.45, 7) is -0.00883. The molecule has 6 heteroatoms. The van der Waals surface area contributed by atoms with E-state index in [-0.39, 0.29) is 18.6 Å². The Bertz CT molecular complexity index is 606. The van der Waals surface area contributed by atoms with Crippen LogP contribution in [-0.2, 0) is 11.2 Å². The summed E-state index contributed by atoms with van der Waals surface area (Å²) in [5, 5.41) is 19.0. The molecular formula is C12H11FN2O3. The van der Waals surface area contributed by atoms with Crippen LogP contribution in [0, 0.1) is 0 Å². The van der Waals surface area contributed by atoms with Crippen molar-refractivity contribution in [2.45, 2.75) is 12.5 Å². The molecule has 1 aromatic carbocycles. The van der Waals surface area contributed by atoms with Crippen molar-refractivity contribution in [1.29, 1.82) is 0 Å². The molecule has 1 aromatic heterocycles. The molecule has 94 valence electrons. The number of hydrogen-bond acceptors (Lipinski definition) is 3. The largest absolute Gasteiger partial charge is 0.508 e. The number of hydrogen-bond donors (Lipinski definition) is 3. The van der Waals surface area contributed by atoms with Gasteiger partial charge in [0.25, 0.3) is 0 Å². The van der Waals surface area contributed by atoms with E-state index in [1.54, 1.807) is 12.3 Å². The predicted molar refractivity (Wildman–Crippen MR) is 64.7 cm³/mol. The lowest BCUT2D eigenvalue weighted by molar-refractivity contribution is -0.138. The van der Waals surface area contributed by atoms with E-state index in [0.717, 1.165) is 5.52 Å². The average molecular weight is 250 g/mol. The zero-order valence-corrected chi connectivity index (χ0v) is 9.30. The van der Waals surface area contributed by atoms with Crippen molar-refractivity contribution < 1.29 is 19.4 Å². The van der Waals surface area contributed by atoms with Crippen LogP contribution in [0.5, 0.6) is 5.75 Å². The molecule has 0 aliphatic heterocycles. The molecule has 0 amide bonds. The first-order chi connectivity index (χ1) is 8.61. The fourth-order valence-electron chi connectivity index (χ4n) is 1.82. The first-order valence-corrected chi connectivity index (χ1v) is 5.25.